The van der Waals surface area contributed by atoms with Gasteiger partial charge in [0, 0.05) is 0 Å². The third-order valence-corrected chi connectivity index (χ3v) is 4.12. The van der Waals surface area contributed by atoms with Crippen LogP contribution in [0.15, 0.2) is 29.2 Å². The van der Waals surface area contributed by atoms with E-state index in [1.807, 2.05) is 0 Å². The standard InChI is InChI=1S/C10H14O3S2/c1-13-9-3-5-10(6-4-9)15(11,12)8-2-7-14/h3-6,14H,2,7-8H2,1H3. The van der Waals surface area contributed by atoms with Gasteiger partial charge in [-0.2, -0.15) is 12.6 Å². The summed E-state index contributed by atoms with van der Waals surface area (Å²) in [4.78, 5) is 0.338. The summed E-state index contributed by atoms with van der Waals surface area (Å²) in [5.74, 6) is 1.38. The minimum atomic E-state index is -3.15. The lowest BCUT2D eigenvalue weighted by Gasteiger charge is -2.04. The fourth-order valence-electron chi connectivity index (χ4n) is 1.16. The molecule has 0 aliphatic rings. The molecule has 0 spiro atoms. The van der Waals surface area contributed by atoms with Gasteiger partial charge in [0.1, 0.15) is 5.75 Å². The second-order valence-corrected chi connectivity index (χ2v) is 5.63. The van der Waals surface area contributed by atoms with E-state index in [4.69, 9.17) is 4.74 Å². The molecule has 5 heteroatoms. The van der Waals surface area contributed by atoms with Gasteiger partial charge in [0.25, 0.3) is 0 Å². The first-order valence-corrected chi connectivity index (χ1v) is 6.86. The SMILES string of the molecule is COc1ccc(S(=O)(=O)CCCS)cc1. The van der Waals surface area contributed by atoms with Crippen LogP contribution >= 0.6 is 12.6 Å². The molecule has 15 heavy (non-hydrogen) atoms. The Bertz CT molecular complexity index is 395. The summed E-state index contributed by atoms with van der Waals surface area (Å²) in [7, 11) is -1.61. The van der Waals surface area contributed by atoms with Crippen molar-refractivity contribution in [2.75, 3.05) is 18.6 Å². The van der Waals surface area contributed by atoms with Crippen LogP contribution in [0.4, 0.5) is 0 Å². The minimum Gasteiger partial charge on any atom is -0.497 e. The summed E-state index contributed by atoms with van der Waals surface area (Å²) in [5.41, 5.74) is 0. The zero-order valence-electron chi connectivity index (χ0n) is 8.51. The van der Waals surface area contributed by atoms with Crippen molar-refractivity contribution in [3.63, 3.8) is 0 Å². The predicted octanol–water partition coefficient (Wildman–Crippen LogP) is 1.79. The Balaban J connectivity index is 2.86. The quantitative estimate of drug-likeness (QED) is 0.806. The molecular formula is C10H14O3S2. The third-order valence-electron chi connectivity index (χ3n) is 1.99. The summed E-state index contributed by atoms with van der Waals surface area (Å²) >= 11 is 3.99. The second kappa shape index (κ2) is 5.42. The number of methoxy groups -OCH3 is 1. The zero-order valence-corrected chi connectivity index (χ0v) is 10.2. The number of ether oxygens (including phenoxy) is 1. The first kappa shape index (κ1) is 12.4. The molecule has 0 amide bonds. The van der Waals surface area contributed by atoms with Gasteiger partial charge in [-0.15, -0.1) is 0 Å². The lowest BCUT2D eigenvalue weighted by Crippen LogP contribution is -2.07. The van der Waals surface area contributed by atoms with Crippen molar-refractivity contribution in [2.45, 2.75) is 11.3 Å². The van der Waals surface area contributed by atoms with Gasteiger partial charge >= 0.3 is 0 Å². The average molecular weight is 246 g/mol. The van der Waals surface area contributed by atoms with Crippen LogP contribution in [-0.2, 0) is 9.84 Å². The maximum atomic E-state index is 11.7. The number of hydrogen-bond donors (Lipinski definition) is 1. The van der Waals surface area contributed by atoms with Crippen molar-refractivity contribution in [2.24, 2.45) is 0 Å². The van der Waals surface area contributed by atoms with Crippen LogP contribution in [0.25, 0.3) is 0 Å². The Hall–Kier alpha value is -0.680. The molecule has 0 fully saturated rings. The van der Waals surface area contributed by atoms with Crippen molar-refractivity contribution in [1.82, 2.24) is 0 Å². The van der Waals surface area contributed by atoms with Crippen molar-refractivity contribution < 1.29 is 13.2 Å². The molecule has 1 rings (SSSR count). The molecule has 0 unspecified atom stereocenters. The molecule has 0 aliphatic heterocycles. The first-order chi connectivity index (χ1) is 7.10. The lowest BCUT2D eigenvalue weighted by molar-refractivity contribution is 0.414. The summed E-state index contributed by atoms with van der Waals surface area (Å²) in [6.45, 7) is 0. The van der Waals surface area contributed by atoms with Gasteiger partial charge in [0.2, 0.25) is 0 Å². The molecule has 84 valence electrons. The molecular weight excluding hydrogens is 232 g/mol. The van der Waals surface area contributed by atoms with E-state index in [0.717, 1.165) is 0 Å². The smallest absolute Gasteiger partial charge is 0.178 e. The Morgan fingerprint density at radius 3 is 2.33 bits per heavy atom. The van der Waals surface area contributed by atoms with Gasteiger partial charge in [-0.3, -0.25) is 0 Å². The fourth-order valence-corrected chi connectivity index (χ4v) is 2.84. The third kappa shape index (κ3) is 3.43. The fraction of sp³-hybridized carbons (Fsp3) is 0.400. The maximum Gasteiger partial charge on any atom is 0.178 e. The number of sulfone groups is 1. The highest BCUT2D eigenvalue weighted by atomic mass is 32.2. The highest BCUT2D eigenvalue weighted by Gasteiger charge is 2.13. The van der Waals surface area contributed by atoms with Gasteiger partial charge in [0.15, 0.2) is 9.84 Å². The van der Waals surface area contributed by atoms with Gasteiger partial charge in [-0.1, -0.05) is 0 Å². The molecule has 0 radical (unpaired) electrons. The van der Waals surface area contributed by atoms with Gasteiger partial charge in [0.05, 0.1) is 17.8 Å². The van der Waals surface area contributed by atoms with E-state index in [1.165, 1.54) is 0 Å². The van der Waals surface area contributed by atoms with Gasteiger partial charge in [-0.25, -0.2) is 8.42 Å². The average Bonchev–Trinajstić information content (AvgIpc) is 2.26. The highest BCUT2D eigenvalue weighted by Crippen LogP contribution is 2.17. The molecule has 0 bridgehead atoms. The van der Waals surface area contributed by atoms with E-state index in [0.29, 0.717) is 22.8 Å². The molecule has 0 heterocycles. The van der Waals surface area contributed by atoms with E-state index in [9.17, 15) is 8.42 Å². The van der Waals surface area contributed by atoms with Crippen LogP contribution in [-0.4, -0.2) is 27.0 Å². The molecule has 1 aromatic rings. The topological polar surface area (TPSA) is 43.4 Å². The molecule has 0 aromatic heterocycles. The lowest BCUT2D eigenvalue weighted by atomic mass is 10.3. The van der Waals surface area contributed by atoms with Crippen LogP contribution in [0.1, 0.15) is 6.42 Å². The number of benzene rings is 1. The van der Waals surface area contributed by atoms with Crippen LogP contribution in [0, 0.1) is 0 Å². The minimum absolute atomic E-state index is 0.142. The maximum absolute atomic E-state index is 11.7. The molecule has 0 atom stereocenters. The Labute approximate surface area is 95.8 Å². The van der Waals surface area contributed by atoms with Gasteiger partial charge in [-0.05, 0) is 36.4 Å². The van der Waals surface area contributed by atoms with Crippen LogP contribution in [0.2, 0.25) is 0 Å². The molecule has 1 aromatic carbocycles. The van der Waals surface area contributed by atoms with E-state index in [1.54, 1.807) is 31.4 Å². The second-order valence-electron chi connectivity index (χ2n) is 3.07. The van der Waals surface area contributed by atoms with E-state index in [-0.39, 0.29) is 5.75 Å². The monoisotopic (exact) mass is 246 g/mol. The molecule has 0 saturated heterocycles. The van der Waals surface area contributed by atoms with Crippen molar-refractivity contribution in [3.8, 4) is 5.75 Å². The highest BCUT2D eigenvalue weighted by molar-refractivity contribution is 7.91. The van der Waals surface area contributed by atoms with Crippen LogP contribution < -0.4 is 4.74 Å². The molecule has 0 saturated carbocycles. The summed E-state index contributed by atoms with van der Waals surface area (Å²) in [6.07, 6.45) is 0.567. The Morgan fingerprint density at radius 2 is 1.87 bits per heavy atom. The van der Waals surface area contributed by atoms with Crippen molar-refractivity contribution in [1.29, 1.82) is 0 Å². The summed E-state index contributed by atoms with van der Waals surface area (Å²) < 4.78 is 28.4. The van der Waals surface area contributed by atoms with E-state index >= 15 is 0 Å². The zero-order chi connectivity index (χ0) is 11.3. The number of thiol groups is 1. The van der Waals surface area contributed by atoms with Crippen molar-refractivity contribution in [3.05, 3.63) is 24.3 Å². The predicted molar refractivity (Wildman–Crippen MR) is 63.5 cm³/mol. The largest absolute Gasteiger partial charge is 0.497 e. The van der Waals surface area contributed by atoms with Crippen molar-refractivity contribution >= 4 is 22.5 Å². The Morgan fingerprint density at radius 1 is 1.27 bits per heavy atom. The van der Waals surface area contributed by atoms with E-state index in [2.05, 4.69) is 12.6 Å². The summed E-state index contributed by atoms with van der Waals surface area (Å²) in [6, 6.07) is 6.42. The number of rotatable bonds is 5. The summed E-state index contributed by atoms with van der Waals surface area (Å²) in [5, 5.41) is 0. The molecule has 3 nitrogen and oxygen atoms in total. The first-order valence-electron chi connectivity index (χ1n) is 4.58. The molecule has 0 aliphatic carbocycles. The van der Waals surface area contributed by atoms with Gasteiger partial charge < -0.3 is 4.74 Å². The Kier molecular flexibility index (Phi) is 4.47. The molecule has 0 N–H and O–H groups in total. The van der Waals surface area contributed by atoms with E-state index < -0.39 is 9.84 Å². The normalized spacial score (nSPS) is 11.3. The van der Waals surface area contributed by atoms with Crippen LogP contribution in [0.5, 0.6) is 5.75 Å². The van der Waals surface area contributed by atoms with Crippen LogP contribution in [0.3, 0.4) is 0 Å². The number of hydrogen-bond acceptors (Lipinski definition) is 4.